The van der Waals surface area contributed by atoms with E-state index in [0.717, 1.165) is 38.5 Å². The van der Waals surface area contributed by atoms with Crippen LogP contribution in [0.15, 0.2) is 48.6 Å². The lowest BCUT2D eigenvalue weighted by Gasteiger charge is -2.19. The van der Waals surface area contributed by atoms with Crippen LogP contribution in [0.2, 0.25) is 0 Å². The summed E-state index contributed by atoms with van der Waals surface area (Å²) in [7, 11) is 0. The van der Waals surface area contributed by atoms with Crippen LogP contribution in [-0.4, -0.2) is 34.9 Å². The van der Waals surface area contributed by atoms with Crippen LogP contribution in [0.3, 0.4) is 0 Å². The van der Waals surface area contributed by atoms with Gasteiger partial charge in [-0.2, -0.15) is 0 Å². The van der Waals surface area contributed by atoms with Gasteiger partial charge in [0.25, 0.3) is 0 Å². The Bertz CT molecular complexity index is 862. The lowest BCUT2D eigenvalue weighted by atomic mass is 10.0. The molecule has 0 aliphatic carbocycles. The molecule has 0 saturated heterocycles. The molecule has 2 atom stereocenters. The van der Waals surface area contributed by atoms with Crippen molar-refractivity contribution in [3.8, 4) is 0 Å². The Morgan fingerprint density at radius 3 is 1.11 bits per heavy atom. The van der Waals surface area contributed by atoms with E-state index in [1.54, 1.807) is 6.08 Å². The zero-order valence-corrected chi connectivity index (χ0v) is 36.2. The summed E-state index contributed by atoms with van der Waals surface area (Å²) < 4.78 is 0. The smallest absolute Gasteiger partial charge is 0.220 e. The molecule has 0 spiro atoms. The number of allylic oxidation sites excluding steroid dienone is 7. The second-order valence-electron chi connectivity index (χ2n) is 16.2. The maximum Gasteiger partial charge on any atom is 0.220 e. The van der Waals surface area contributed by atoms with Gasteiger partial charge in [-0.05, 0) is 70.6 Å². The SMILES string of the molecule is CCCCC/C=C/CC/C=C/CC/C=C/C(O)C(CO)NC(=O)CCCCCCCCCCCCCCC/C=C\CCCCCCCCCCCCCC. The van der Waals surface area contributed by atoms with E-state index in [4.69, 9.17) is 0 Å². The number of nitrogens with one attached hydrogen (secondary N) is 1. The normalized spacial score (nSPS) is 13.3. The van der Waals surface area contributed by atoms with Gasteiger partial charge in [-0.15, -0.1) is 0 Å². The number of unbranched alkanes of at least 4 members (excludes halogenated alkanes) is 30. The van der Waals surface area contributed by atoms with Crippen LogP contribution >= 0.6 is 0 Å². The third-order valence-electron chi connectivity index (χ3n) is 10.8. The highest BCUT2D eigenvalue weighted by atomic mass is 16.3. The second kappa shape index (κ2) is 45.7. The fourth-order valence-electron chi connectivity index (χ4n) is 7.09. The number of carbonyl (C=O) groups excluding carboxylic acids is 1. The Hall–Kier alpha value is -1.65. The molecule has 0 fully saturated rings. The first-order valence-electron chi connectivity index (χ1n) is 23.9. The van der Waals surface area contributed by atoms with Crippen LogP contribution in [0, 0.1) is 0 Å². The molecule has 1 amide bonds. The lowest BCUT2D eigenvalue weighted by molar-refractivity contribution is -0.123. The summed E-state index contributed by atoms with van der Waals surface area (Å²) in [5.74, 6) is -0.0784. The molecule has 4 heteroatoms. The molecular formula is C50H93NO3. The Kier molecular flexibility index (Phi) is 44.3. The topological polar surface area (TPSA) is 69.6 Å². The van der Waals surface area contributed by atoms with Crippen molar-refractivity contribution < 1.29 is 15.0 Å². The van der Waals surface area contributed by atoms with Gasteiger partial charge in [-0.25, -0.2) is 0 Å². The molecule has 4 nitrogen and oxygen atoms in total. The fraction of sp³-hybridized carbons (Fsp3) is 0.820. The van der Waals surface area contributed by atoms with E-state index in [1.807, 2.05) is 6.08 Å². The monoisotopic (exact) mass is 756 g/mol. The Labute approximate surface area is 337 Å². The Morgan fingerprint density at radius 2 is 0.722 bits per heavy atom. The summed E-state index contributed by atoms with van der Waals surface area (Å²) in [6.07, 6.45) is 62.5. The maximum atomic E-state index is 12.4. The van der Waals surface area contributed by atoms with Crippen molar-refractivity contribution in [3.63, 3.8) is 0 Å². The standard InChI is InChI=1S/C50H93NO3/c1-3-5-7-9-11-13-15-17-18-19-20-21-22-23-24-25-26-27-28-29-30-31-32-34-36-38-40-42-44-46-50(54)51-48(47-52)49(53)45-43-41-39-37-35-33-16-14-12-10-8-6-4-2/h12,14,23-24,35,37,43,45,48-49,52-53H,3-11,13,15-22,25-34,36,38-42,44,46-47H2,1-2H3,(H,51,54)/b14-12+,24-23-,37-35+,45-43+. The molecule has 0 aromatic carbocycles. The summed E-state index contributed by atoms with van der Waals surface area (Å²) in [6.45, 7) is 4.27. The van der Waals surface area contributed by atoms with E-state index < -0.39 is 12.1 Å². The van der Waals surface area contributed by atoms with Crippen molar-refractivity contribution >= 4 is 5.91 Å². The van der Waals surface area contributed by atoms with Crippen LogP contribution < -0.4 is 5.32 Å². The van der Waals surface area contributed by atoms with Gasteiger partial charge in [0.15, 0.2) is 0 Å². The lowest BCUT2D eigenvalue weighted by Crippen LogP contribution is -2.45. The van der Waals surface area contributed by atoms with E-state index in [0.29, 0.717) is 6.42 Å². The molecule has 0 aliphatic heterocycles. The zero-order chi connectivity index (χ0) is 39.3. The van der Waals surface area contributed by atoms with Crippen LogP contribution in [0.5, 0.6) is 0 Å². The largest absolute Gasteiger partial charge is 0.394 e. The minimum absolute atomic E-state index is 0.0784. The molecule has 3 N–H and O–H groups in total. The summed E-state index contributed by atoms with van der Waals surface area (Å²) >= 11 is 0. The quantitative estimate of drug-likeness (QED) is 0.0429. The van der Waals surface area contributed by atoms with Gasteiger partial charge in [0.05, 0.1) is 18.8 Å². The first-order valence-corrected chi connectivity index (χ1v) is 23.9. The highest BCUT2D eigenvalue weighted by Crippen LogP contribution is 2.15. The minimum Gasteiger partial charge on any atom is -0.394 e. The summed E-state index contributed by atoms with van der Waals surface area (Å²) in [6, 6.07) is -0.644. The first kappa shape index (κ1) is 52.3. The third kappa shape index (κ3) is 41.5. The molecule has 54 heavy (non-hydrogen) atoms. The van der Waals surface area contributed by atoms with Crippen molar-refractivity contribution in [1.82, 2.24) is 5.32 Å². The Balaban J connectivity index is 3.50. The van der Waals surface area contributed by atoms with E-state index in [9.17, 15) is 15.0 Å². The predicted octanol–water partition coefficient (Wildman–Crippen LogP) is 15.1. The van der Waals surface area contributed by atoms with Gasteiger partial charge in [0.1, 0.15) is 0 Å². The summed E-state index contributed by atoms with van der Waals surface area (Å²) in [4.78, 5) is 12.4. The average molecular weight is 756 g/mol. The van der Waals surface area contributed by atoms with Crippen LogP contribution in [0.1, 0.15) is 245 Å². The second-order valence-corrected chi connectivity index (χ2v) is 16.2. The molecule has 0 aliphatic rings. The average Bonchev–Trinajstić information content (AvgIpc) is 3.18. The van der Waals surface area contributed by atoms with Gasteiger partial charge in [-0.1, -0.05) is 217 Å². The van der Waals surface area contributed by atoms with Gasteiger partial charge in [0, 0.05) is 6.42 Å². The molecule has 0 rings (SSSR count). The molecule has 0 saturated carbocycles. The van der Waals surface area contributed by atoms with Gasteiger partial charge < -0.3 is 15.5 Å². The van der Waals surface area contributed by atoms with E-state index >= 15 is 0 Å². The summed E-state index contributed by atoms with van der Waals surface area (Å²) in [5, 5.41) is 23.0. The molecule has 0 aromatic heterocycles. The van der Waals surface area contributed by atoms with Crippen molar-refractivity contribution in [2.24, 2.45) is 0 Å². The zero-order valence-electron chi connectivity index (χ0n) is 36.2. The molecule has 0 bridgehead atoms. The van der Waals surface area contributed by atoms with E-state index in [2.05, 4.69) is 55.6 Å². The van der Waals surface area contributed by atoms with Crippen LogP contribution in [0.25, 0.3) is 0 Å². The molecule has 0 radical (unpaired) electrons. The highest BCUT2D eigenvalue weighted by molar-refractivity contribution is 5.76. The fourth-order valence-corrected chi connectivity index (χ4v) is 7.09. The summed E-state index contributed by atoms with van der Waals surface area (Å²) in [5.41, 5.74) is 0. The van der Waals surface area contributed by atoms with Crippen molar-refractivity contribution in [3.05, 3.63) is 48.6 Å². The molecule has 0 heterocycles. The Morgan fingerprint density at radius 1 is 0.426 bits per heavy atom. The van der Waals surface area contributed by atoms with Crippen molar-refractivity contribution in [2.45, 2.75) is 257 Å². The van der Waals surface area contributed by atoms with Crippen LogP contribution in [-0.2, 0) is 4.79 Å². The van der Waals surface area contributed by atoms with Gasteiger partial charge in [0.2, 0.25) is 5.91 Å². The molecule has 2 unspecified atom stereocenters. The number of amides is 1. The number of carbonyl (C=O) groups is 1. The number of aliphatic hydroxyl groups excluding tert-OH is 2. The number of rotatable bonds is 43. The van der Waals surface area contributed by atoms with E-state index in [-0.39, 0.29) is 12.5 Å². The van der Waals surface area contributed by atoms with E-state index in [1.165, 1.54) is 186 Å². The van der Waals surface area contributed by atoms with Crippen LogP contribution in [0.4, 0.5) is 0 Å². The highest BCUT2D eigenvalue weighted by Gasteiger charge is 2.17. The molecule has 0 aromatic rings. The first-order chi connectivity index (χ1) is 26.7. The molecular weight excluding hydrogens is 663 g/mol. The van der Waals surface area contributed by atoms with Crippen molar-refractivity contribution in [2.75, 3.05) is 6.61 Å². The molecule has 316 valence electrons. The third-order valence-corrected chi connectivity index (χ3v) is 10.8. The minimum atomic E-state index is -0.869. The number of hydrogen-bond donors (Lipinski definition) is 3. The number of aliphatic hydroxyl groups is 2. The predicted molar refractivity (Wildman–Crippen MR) is 239 cm³/mol. The maximum absolute atomic E-state index is 12.4. The van der Waals surface area contributed by atoms with Crippen molar-refractivity contribution in [1.29, 1.82) is 0 Å². The van der Waals surface area contributed by atoms with Gasteiger partial charge >= 0.3 is 0 Å². The van der Waals surface area contributed by atoms with Gasteiger partial charge in [-0.3, -0.25) is 4.79 Å². The number of hydrogen-bond acceptors (Lipinski definition) is 3.